The average Bonchev–Trinajstić information content (AvgIpc) is 2.40. The van der Waals surface area contributed by atoms with Gasteiger partial charge in [0.05, 0.1) is 12.3 Å². The normalized spacial score (nSPS) is 9.94. The number of nitrogens with one attached hydrogen (secondary N) is 1. The van der Waals surface area contributed by atoms with Gasteiger partial charge in [0, 0.05) is 17.4 Å². The molecule has 0 aliphatic carbocycles. The molecule has 2 aromatic rings. The second kappa shape index (κ2) is 5.23. The second-order valence-electron chi connectivity index (χ2n) is 3.51. The minimum atomic E-state index is -0.215. The molecule has 2 N–H and O–H groups in total. The summed E-state index contributed by atoms with van der Waals surface area (Å²) in [5, 5.41) is 11.7. The van der Waals surface area contributed by atoms with Gasteiger partial charge >= 0.3 is 0 Å². The number of para-hydroxylation sites is 1. The number of aliphatic hydroxyl groups excluding tert-OH is 1. The molecular weight excluding hydrogens is 216 g/mol. The van der Waals surface area contributed by atoms with Crippen molar-refractivity contribution in [3.8, 4) is 0 Å². The number of pyridine rings is 1. The Hall–Kier alpha value is -2.20. The van der Waals surface area contributed by atoms with E-state index in [1.807, 2.05) is 30.3 Å². The van der Waals surface area contributed by atoms with Crippen LogP contribution < -0.4 is 5.32 Å². The zero-order valence-corrected chi connectivity index (χ0v) is 9.13. The zero-order chi connectivity index (χ0) is 12.1. The summed E-state index contributed by atoms with van der Waals surface area (Å²) in [4.78, 5) is 15.8. The van der Waals surface area contributed by atoms with Crippen LogP contribution in [0, 0.1) is 0 Å². The van der Waals surface area contributed by atoms with E-state index in [9.17, 15) is 4.79 Å². The van der Waals surface area contributed by atoms with Crippen molar-refractivity contribution in [2.24, 2.45) is 0 Å². The summed E-state index contributed by atoms with van der Waals surface area (Å²) in [5.41, 5.74) is 1.69. The molecule has 0 aliphatic heterocycles. The first-order chi connectivity index (χ1) is 8.29. The Morgan fingerprint density at radius 2 is 2.00 bits per heavy atom. The SMILES string of the molecule is O=C(Nc1ccccc1)c1ccnc(CO)c1. The van der Waals surface area contributed by atoms with Crippen molar-refractivity contribution in [2.75, 3.05) is 5.32 Å². The molecule has 2 rings (SSSR count). The number of benzene rings is 1. The lowest BCUT2D eigenvalue weighted by Gasteiger charge is -2.05. The molecule has 0 saturated heterocycles. The van der Waals surface area contributed by atoms with Crippen LogP contribution in [0.5, 0.6) is 0 Å². The van der Waals surface area contributed by atoms with Crippen LogP contribution in [-0.4, -0.2) is 16.0 Å². The van der Waals surface area contributed by atoms with Gasteiger partial charge in [-0.25, -0.2) is 0 Å². The third kappa shape index (κ3) is 2.89. The number of anilines is 1. The number of rotatable bonds is 3. The van der Waals surface area contributed by atoms with Crippen molar-refractivity contribution in [1.82, 2.24) is 4.98 Å². The van der Waals surface area contributed by atoms with Gasteiger partial charge in [-0.15, -0.1) is 0 Å². The molecule has 0 atom stereocenters. The quantitative estimate of drug-likeness (QED) is 0.842. The predicted octanol–water partition coefficient (Wildman–Crippen LogP) is 1.83. The largest absolute Gasteiger partial charge is 0.390 e. The summed E-state index contributed by atoms with van der Waals surface area (Å²) >= 11 is 0. The van der Waals surface area contributed by atoms with Crippen LogP contribution in [0.25, 0.3) is 0 Å². The molecule has 4 heteroatoms. The molecule has 1 heterocycles. The minimum Gasteiger partial charge on any atom is -0.390 e. The molecule has 0 spiro atoms. The monoisotopic (exact) mass is 228 g/mol. The first kappa shape index (κ1) is 11.3. The maximum Gasteiger partial charge on any atom is 0.255 e. The fourth-order valence-electron chi connectivity index (χ4n) is 1.43. The average molecular weight is 228 g/mol. The smallest absolute Gasteiger partial charge is 0.255 e. The molecule has 4 nitrogen and oxygen atoms in total. The van der Waals surface area contributed by atoms with E-state index in [1.54, 1.807) is 12.1 Å². The summed E-state index contributed by atoms with van der Waals surface area (Å²) in [6.07, 6.45) is 1.51. The Morgan fingerprint density at radius 1 is 1.24 bits per heavy atom. The number of hydrogen-bond donors (Lipinski definition) is 2. The van der Waals surface area contributed by atoms with E-state index in [0.717, 1.165) is 5.69 Å². The summed E-state index contributed by atoms with van der Waals surface area (Å²) in [6.45, 7) is -0.174. The Morgan fingerprint density at radius 3 is 2.71 bits per heavy atom. The highest BCUT2D eigenvalue weighted by atomic mass is 16.3. The van der Waals surface area contributed by atoms with Crippen LogP contribution in [-0.2, 0) is 6.61 Å². The Balaban J connectivity index is 2.14. The van der Waals surface area contributed by atoms with E-state index < -0.39 is 0 Å². The van der Waals surface area contributed by atoms with E-state index >= 15 is 0 Å². The molecule has 0 radical (unpaired) electrons. The summed E-state index contributed by atoms with van der Waals surface area (Å²) < 4.78 is 0. The molecule has 0 aliphatic rings. The summed E-state index contributed by atoms with van der Waals surface area (Å²) in [5.74, 6) is -0.215. The van der Waals surface area contributed by atoms with Gasteiger partial charge in [-0.05, 0) is 24.3 Å². The number of carbonyl (C=O) groups is 1. The fourth-order valence-corrected chi connectivity index (χ4v) is 1.43. The highest BCUT2D eigenvalue weighted by Crippen LogP contribution is 2.09. The molecule has 1 aromatic carbocycles. The molecule has 0 saturated carbocycles. The van der Waals surface area contributed by atoms with Gasteiger partial charge in [-0.2, -0.15) is 0 Å². The van der Waals surface area contributed by atoms with Crippen molar-refractivity contribution in [3.63, 3.8) is 0 Å². The standard InChI is InChI=1S/C13H12N2O2/c16-9-12-8-10(6-7-14-12)13(17)15-11-4-2-1-3-5-11/h1-8,16H,9H2,(H,15,17). The maximum absolute atomic E-state index is 11.9. The maximum atomic E-state index is 11.9. The number of carbonyl (C=O) groups excluding carboxylic acids is 1. The van der Waals surface area contributed by atoms with Gasteiger partial charge < -0.3 is 10.4 Å². The Kier molecular flexibility index (Phi) is 3.47. The molecule has 1 amide bonds. The topological polar surface area (TPSA) is 62.2 Å². The van der Waals surface area contributed by atoms with Gasteiger partial charge in [-0.3, -0.25) is 9.78 Å². The third-order valence-corrected chi connectivity index (χ3v) is 2.27. The van der Waals surface area contributed by atoms with Crippen molar-refractivity contribution in [2.45, 2.75) is 6.61 Å². The van der Waals surface area contributed by atoms with E-state index in [4.69, 9.17) is 5.11 Å². The molecule has 0 bridgehead atoms. The number of nitrogens with zero attached hydrogens (tertiary/aromatic N) is 1. The number of aliphatic hydroxyl groups is 1. The lowest BCUT2D eigenvalue weighted by atomic mass is 10.2. The van der Waals surface area contributed by atoms with Gasteiger partial charge in [0.1, 0.15) is 0 Å². The van der Waals surface area contributed by atoms with Gasteiger partial charge in [-0.1, -0.05) is 18.2 Å². The Labute approximate surface area is 98.9 Å². The van der Waals surface area contributed by atoms with Crippen LogP contribution in [0.3, 0.4) is 0 Å². The van der Waals surface area contributed by atoms with Crippen LogP contribution in [0.1, 0.15) is 16.1 Å². The number of amides is 1. The van der Waals surface area contributed by atoms with Crippen LogP contribution >= 0.6 is 0 Å². The van der Waals surface area contributed by atoms with E-state index in [0.29, 0.717) is 11.3 Å². The van der Waals surface area contributed by atoms with Crippen molar-refractivity contribution < 1.29 is 9.90 Å². The lowest BCUT2D eigenvalue weighted by molar-refractivity contribution is 0.102. The summed E-state index contributed by atoms with van der Waals surface area (Å²) in [6, 6.07) is 12.4. The van der Waals surface area contributed by atoms with Gasteiger partial charge in [0.15, 0.2) is 0 Å². The van der Waals surface area contributed by atoms with Gasteiger partial charge in [0.25, 0.3) is 5.91 Å². The first-order valence-corrected chi connectivity index (χ1v) is 5.22. The minimum absolute atomic E-state index is 0.174. The fraction of sp³-hybridized carbons (Fsp3) is 0.0769. The number of aromatic nitrogens is 1. The van der Waals surface area contributed by atoms with Crippen molar-refractivity contribution >= 4 is 11.6 Å². The van der Waals surface area contributed by atoms with Crippen molar-refractivity contribution in [3.05, 3.63) is 59.9 Å². The van der Waals surface area contributed by atoms with E-state index in [-0.39, 0.29) is 12.5 Å². The van der Waals surface area contributed by atoms with E-state index in [1.165, 1.54) is 6.20 Å². The first-order valence-electron chi connectivity index (χ1n) is 5.22. The van der Waals surface area contributed by atoms with E-state index in [2.05, 4.69) is 10.3 Å². The highest BCUT2D eigenvalue weighted by molar-refractivity contribution is 6.04. The molecule has 0 fully saturated rings. The van der Waals surface area contributed by atoms with Crippen LogP contribution in [0.2, 0.25) is 0 Å². The van der Waals surface area contributed by atoms with Crippen LogP contribution in [0.4, 0.5) is 5.69 Å². The summed E-state index contributed by atoms with van der Waals surface area (Å²) in [7, 11) is 0. The number of hydrogen-bond acceptors (Lipinski definition) is 3. The highest BCUT2D eigenvalue weighted by Gasteiger charge is 2.06. The molecule has 0 unspecified atom stereocenters. The molecule has 86 valence electrons. The third-order valence-electron chi connectivity index (χ3n) is 2.27. The second-order valence-corrected chi connectivity index (χ2v) is 3.51. The molecule has 17 heavy (non-hydrogen) atoms. The Bertz CT molecular complexity index is 512. The predicted molar refractivity (Wildman–Crippen MR) is 64.6 cm³/mol. The molecule has 1 aromatic heterocycles. The lowest BCUT2D eigenvalue weighted by Crippen LogP contribution is -2.12. The zero-order valence-electron chi connectivity index (χ0n) is 9.13. The van der Waals surface area contributed by atoms with Gasteiger partial charge in [0.2, 0.25) is 0 Å². The van der Waals surface area contributed by atoms with Crippen molar-refractivity contribution in [1.29, 1.82) is 0 Å². The molecular formula is C13H12N2O2. The van der Waals surface area contributed by atoms with Crippen LogP contribution in [0.15, 0.2) is 48.7 Å².